The van der Waals surface area contributed by atoms with Crippen molar-refractivity contribution in [3.63, 3.8) is 0 Å². The molecule has 1 heterocycles. The normalized spacial score (nSPS) is 16.0. The van der Waals surface area contributed by atoms with Crippen LogP contribution in [0.2, 0.25) is 5.02 Å². The van der Waals surface area contributed by atoms with Crippen molar-refractivity contribution in [2.75, 3.05) is 6.54 Å². The first kappa shape index (κ1) is 19.2. The summed E-state index contributed by atoms with van der Waals surface area (Å²) in [5.74, 6) is 0. The average molecular weight is 386 g/mol. The predicted molar refractivity (Wildman–Crippen MR) is 108 cm³/mol. The second kappa shape index (κ2) is 8.91. The first-order valence-electron chi connectivity index (χ1n) is 9.09. The first-order valence-corrected chi connectivity index (χ1v) is 9.47. The molecule has 0 aromatic heterocycles. The molecule has 1 aliphatic rings. The van der Waals surface area contributed by atoms with Crippen LogP contribution in [0.1, 0.15) is 31.4 Å². The predicted octanol–water partition coefficient (Wildman–Crippen LogP) is 4.45. The quantitative estimate of drug-likeness (QED) is 0.798. The van der Waals surface area contributed by atoms with Crippen LogP contribution in [0, 0.1) is 0 Å². The van der Waals surface area contributed by atoms with Crippen molar-refractivity contribution in [2.45, 2.75) is 39.0 Å². The minimum atomic E-state index is -0.169. The molecule has 0 fully saturated rings. The molecular formula is C21H24ClN3O2. The summed E-state index contributed by atoms with van der Waals surface area (Å²) in [5, 5.41) is 7.83. The van der Waals surface area contributed by atoms with Gasteiger partial charge in [-0.25, -0.2) is 4.79 Å². The molecule has 2 amide bonds. The number of nitrogens with zero attached hydrogens (tertiary/aromatic N) is 2. The highest BCUT2D eigenvalue weighted by molar-refractivity contribution is 6.30. The van der Waals surface area contributed by atoms with E-state index < -0.39 is 0 Å². The molecule has 0 aliphatic carbocycles. The summed E-state index contributed by atoms with van der Waals surface area (Å²) < 4.78 is 0. The molecule has 0 unspecified atom stereocenters. The van der Waals surface area contributed by atoms with E-state index in [9.17, 15) is 4.79 Å². The number of halogens is 1. The molecule has 0 saturated heterocycles. The molecule has 142 valence electrons. The Kier molecular flexibility index (Phi) is 6.35. The maximum atomic E-state index is 12.7. The van der Waals surface area contributed by atoms with Gasteiger partial charge in [0.15, 0.2) is 6.10 Å². The van der Waals surface area contributed by atoms with Crippen LogP contribution in [-0.4, -0.2) is 35.3 Å². The van der Waals surface area contributed by atoms with Crippen molar-refractivity contribution in [1.82, 2.24) is 10.2 Å². The Balaban J connectivity index is 1.67. The molecule has 0 bridgehead atoms. The molecule has 1 N–H and O–H groups in total. The second-order valence-corrected chi connectivity index (χ2v) is 7.39. The van der Waals surface area contributed by atoms with E-state index >= 15 is 0 Å². The van der Waals surface area contributed by atoms with Gasteiger partial charge in [-0.05, 0) is 37.1 Å². The maximum Gasteiger partial charge on any atom is 0.318 e. The van der Waals surface area contributed by atoms with Crippen molar-refractivity contribution in [3.8, 4) is 0 Å². The Morgan fingerprint density at radius 2 is 2.04 bits per heavy atom. The fraction of sp³-hybridized carbons (Fsp3) is 0.333. The summed E-state index contributed by atoms with van der Waals surface area (Å²) in [5.41, 5.74) is 2.93. The zero-order chi connectivity index (χ0) is 19.2. The highest BCUT2D eigenvalue weighted by Gasteiger charge is 2.27. The number of amides is 2. The molecule has 1 atom stereocenters. The van der Waals surface area contributed by atoms with Gasteiger partial charge in [-0.15, -0.1) is 0 Å². The van der Waals surface area contributed by atoms with Crippen LogP contribution in [-0.2, 0) is 11.4 Å². The van der Waals surface area contributed by atoms with Crippen LogP contribution in [0.3, 0.4) is 0 Å². The molecule has 27 heavy (non-hydrogen) atoms. The smallest absolute Gasteiger partial charge is 0.318 e. The summed E-state index contributed by atoms with van der Waals surface area (Å²) in [6, 6.07) is 17.4. The summed E-state index contributed by atoms with van der Waals surface area (Å²) in [4.78, 5) is 20.0. The molecule has 3 rings (SSSR count). The van der Waals surface area contributed by atoms with Crippen LogP contribution in [0.25, 0.3) is 0 Å². The van der Waals surface area contributed by atoms with Gasteiger partial charge in [0.1, 0.15) is 0 Å². The number of carbonyl (C=O) groups excluding carboxylic acids is 1. The summed E-state index contributed by atoms with van der Waals surface area (Å²) in [7, 11) is 0. The second-order valence-electron chi connectivity index (χ2n) is 6.95. The summed E-state index contributed by atoms with van der Waals surface area (Å²) in [6.07, 6.45) is 0.502. The fourth-order valence-corrected chi connectivity index (χ4v) is 3.20. The van der Waals surface area contributed by atoms with E-state index in [1.807, 2.05) is 68.4 Å². The molecule has 6 heteroatoms. The minimum Gasteiger partial charge on any atom is -0.390 e. The van der Waals surface area contributed by atoms with E-state index in [1.54, 1.807) is 4.90 Å². The highest BCUT2D eigenvalue weighted by Crippen LogP contribution is 2.19. The van der Waals surface area contributed by atoms with E-state index in [2.05, 4.69) is 10.5 Å². The zero-order valence-electron chi connectivity index (χ0n) is 15.6. The number of oxime groups is 1. The van der Waals surface area contributed by atoms with Gasteiger partial charge >= 0.3 is 6.03 Å². The highest BCUT2D eigenvalue weighted by atomic mass is 35.5. The average Bonchev–Trinajstić information content (AvgIpc) is 3.10. The van der Waals surface area contributed by atoms with Gasteiger partial charge in [0.25, 0.3) is 0 Å². The number of benzene rings is 2. The third-order valence-corrected chi connectivity index (χ3v) is 4.46. The molecule has 2 aromatic rings. The van der Waals surface area contributed by atoms with Gasteiger partial charge in [-0.2, -0.15) is 0 Å². The lowest BCUT2D eigenvalue weighted by Crippen LogP contribution is -2.45. The molecule has 2 aromatic carbocycles. The van der Waals surface area contributed by atoms with Crippen molar-refractivity contribution in [3.05, 3.63) is 70.7 Å². The minimum absolute atomic E-state index is 0.0555. The SMILES string of the molecule is CC(C)NC(=O)N(Cc1cccc(Cl)c1)C[C@@H]1CC(c2ccccc2)=NO1. The van der Waals surface area contributed by atoms with Crippen molar-refractivity contribution >= 4 is 23.3 Å². The number of hydrogen-bond acceptors (Lipinski definition) is 3. The zero-order valence-corrected chi connectivity index (χ0v) is 16.3. The molecule has 5 nitrogen and oxygen atoms in total. The summed E-state index contributed by atoms with van der Waals surface area (Å²) in [6.45, 7) is 4.79. The van der Waals surface area contributed by atoms with Crippen LogP contribution >= 0.6 is 11.6 Å². The van der Waals surface area contributed by atoms with Gasteiger partial charge in [0.2, 0.25) is 0 Å². The molecule has 0 spiro atoms. The molecule has 0 saturated carbocycles. The Morgan fingerprint density at radius 1 is 1.26 bits per heavy atom. The van der Waals surface area contributed by atoms with E-state index in [4.69, 9.17) is 16.4 Å². The monoisotopic (exact) mass is 385 g/mol. The van der Waals surface area contributed by atoms with E-state index in [0.29, 0.717) is 24.5 Å². The number of carbonyl (C=O) groups is 1. The van der Waals surface area contributed by atoms with Gasteiger partial charge in [-0.1, -0.05) is 59.2 Å². The third-order valence-electron chi connectivity index (χ3n) is 4.23. The van der Waals surface area contributed by atoms with Crippen LogP contribution < -0.4 is 5.32 Å². The van der Waals surface area contributed by atoms with Crippen LogP contribution in [0.15, 0.2) is 59.8 Å². The standard InChI is InChI=1S/C21H24ClN3O2/c1-15(2)23-21(26)25(13-16-7-6-10-18(22)11-16)14-19-12-20(24-27-19)17-8-4-3-5-9-17/h3-11,15,19H,12-14H2,1-2H3,(H,23,26)/t19-/m0/s1. The topological polar surface area (TPSA) is 53.9 Å². The largest absolute Gasteiger partial charge is 0.390 e. The van der Waals surface area contributed by atoms with E-state index in [1.165, 1.54) is 0 Å². The van der Waals surface area contributed by atoms with Crippen LogP contribution in [0.5, 0.6) is 0 Å². The number of nitrogens with one attached hydrogen (secondary N) is 1. The lowest BCUT2D eigenvalue weighted by atomic mass is 10.0. The van der Waals surface area contributed by atoms with Crippen molar-refractivity contribution in [2.24, 2.45) is 5.16 Å². The van der Waals surface area contributed by atoms with Gasteiger partial charge in [0, 0.05) is 24.0 Å². The number of urea groups is 1. The Bertz CT molecular complexity index is 808. The van der Waals surface area contributed by atoms with E-state index in [0.717, 1.165) is 16.8 Å². The molecule has 1 aliphatic heterocycles. The number of hydrogen-bond donors (Lipinski definition) is 1. The van der Waals surface area contributed by atoms with Crippen molar-refractivity contribution in [1.29, 1.82) is 0 Å². The van der Waals surface area contributed by atoms with Gasteiger partial charge in [0.05, 0.1) is 12.3 Å². The van der Waals surface area contributed by atoms with Gasteiger partial charge in [-0.3, -0.25) is 0 Å². The Hall–Kier alpha value is -2.53. The number of rotatable bonds is 6. The molecule has 0 radical (unpaired) electrons. The van der Waals surface area contributed by atoms with Crippen molar-refractivity contribution < 1.29 is 9.63 Å². The third kappa shape index (κ3) is 5.47. The summed E-state index contributed by atoms with van der Waals surface area (Å²) >= 11 is 6.09. The van der Waals surface area contributed by atoms with Gasteiger partial charge < -0.3 is 15.1 Å². The van der Waals surface area contributed by atoms with Crippen LogP contribution in [0.4, 0.5) is 4.79 Å². The Morgan fingerprint density at radius 3 is 2.74 bits per heavy atom. The Labute approximate surface area is 165 Å². The molecular weight excluding hydrogens is 362 g/mol. The maximum absolute atomic E-state index is 12.7. The van der Waals surface area contributed by atoms with E-state index in [-0.39, 0.29) is 18.2 Å². The lowest BCUT2D eigenvalue weighted by molar-refractivity contribution is 0.0586. The first-order chi connectivity index (χ1) is 13.0. The fourth-order valence-electron chi connectivity index (χ4n) is 2.99. The lowest BCUT2D eigenvalue weighted by Gasteiger charge is -2.26.